The molecule has 2 heterocycles. The van der Waals surface area contributed by atoms with Gasteiger partial charge in [-0.25, -0.2) is 8.42 Å². The molecule has 234 valence electrons. The van der Waals surface area contributed by atoms with Crippen LogP contribution in [-0.2, 0) is 24.8 Å². The number of amides is 2. The van der Waals surface area contributed by atoms with Crippen LogP contribution in [0.15, 0.2) is 47.4 Å². The summed E-state index contributed by atoms with van der Waals surface area (Å²) >= 11 is 6.23. The number of ether oxygens (including phenoxy) is 2. The van der Waals surface area contributed by atoms with Crippen LogP contribution in [-0.4, -0.2) is 73.6 Å². The van der Waals surface area contributed by atoms with Crippen LogP contribution in [0.25, 0.3) is 0 Å². The number of likely N-dealkylation sites (tertiary alicyclic amines) is 1. The van der Waals surface area contributed by atoms with Crippen LogP contribution in [0.2, 0.25) is 5.02 Å². The normalized spacial score (nSPS) is 26.8. The maximum absolute atomic E-state index is 13.8. The standard InChI is InChI=1S/C29H28ClF3N4O6S/c30-20-11-18(42-15-29(31,32)33)5-6-22(20)44(40,41)19-12-21(25(39)36-27(14-34)7-8-27)37(13-19)26-23(43-26)28(9-10-28)17-3-1-16(2-4-17)24(35)38/h1-6,11,19,21,23,26H,7-10,12-13,15H2,(H2,35,38)(H,36,39)/t19-,21+,23?,26?/m1/s1. The highest BCUT2D eigenvalue weighted by Gasteiger charge is 2.66. The van der Waals surface area contributed by atoms with Crippen molar-refractivity contribution in [2.24, 2.45) is 5.73 Å². The van der Waals surface area contributed by atoms with E-state index in [2.05, 4.69) is 16.1 Å². The van der Waals surface area contributed by atoms with E-state index >= 15 is 0 Å². The van der Waals surface area contributed by atoms with Crippen molar-refractivity contribution in [1.82, 2.24) is 10.2 Å². The number of hydrogen-bond acceptors (Lipinski definition) is 8. The largest absolute Gasteiger partial charge is 0.484 e. The third-order valence-electron chi connectivity index (χ3n) is 8.85. The molecular weight excluding hydrogens is 625 g/mol. The van der Waals surface area contributed by atoms with E-state index in [0.29, 0.717) is 18.4 Å². The number of carbonyl (C=O) groups is 2. The molecule has 6 rings (SSSR count). The molecule has 44 heavy (non-hydrogen) atoms. The number of nitrogens with two attached hydrogens (primary N) is 1. The summed E-state index contributed by atoms with van der Waals surface area (Å²) in [5.41, 5.74) is 5.35. The van der Waals surface area contributed by atoms with Crippen LogP contribution in [0.3, 0.4) is 0 Å². The lowest BCUT2D eigenvalue weighted by Gasteiger charge is -2.24. The molecule has 2 amide bonds. The molecule has 0 bridgehead atoms. The summed E-state index contributed by atoms with van der Waals surface area (Å²) in [5.74, 6) is -1.27. The van der Waals surface area contributed by atoms with Gasteiger partial charge < -0.3 is 20.5 Å². The number of nitrogens with one attached hydrogen (secondary N) is 1. The monoisotopic (exact) mass is 652 g/mol. The van der Waals surface area contributed by atoms with Crippen LogP contribution in [0.4, 0.5) is 13.2 Å². The SMILES string of the molecule is N#CC1(NC(=O)[C@@H]2C[C@@H](S(=O)(=O)c3ccc(OCC(F)(F)F)cc3Cl)CN2C2OC2C2(c3ccc(C(N)=O)cc3)CC2)CC1. The second-order valence-corrected chi connectivity index (χ2v) is 14.4. The second kappa shape index (κ2) is 10.6. The highest BCUT2D eigenvalue weighted by atomic mass is 35.5. The zero-order valence-electron chi connectivity index (χ0n) is 23.1. The fourth-order valence-electron chi connectivity index (χ4n) is 6.04. The quantitative estimate of drug-likeness (QED) is 0.371. The zero-order chi connectivity index (χ0) is 31.7. The second-order valence-electron chi connectivity index (χ2n) is 11.8. The Hall–Kier alpha value is -3.38. The van der Waals surface area contributed by atoms with Crippen LogP contribution < -0.4 is 15.8 Å². The van der Waals surface area contributed by atoms with Crippen molar-refractivity contribution in [3.8, 4) is 11.8 Å². The molecule has 4 fully saturated rings. The van der Waals surface area contributed by atoms with E-state index in [4.69, 9.17) is 22.1 Å². The molecule has 2 aromatic rings. The number of sulfone groups is 1. The van der Waals surface area contributed by atoms with Gasteiger partial charge in [0.05, 0.1) is 27.3 Å². The minimum atomic E-state index is -4.58. The van der Waals surface area contributed by atoms with E-state index in [1.54, 1.807) is 17.0 Å². The van der Waals surface area contributed by atoms with Crippen LogP contribution >= 0.6 is 11.6 Å². The molecule has 2 unspecified atom stereocenters. The van der Waals surface area contributed by atoms with Crippen molar-refractivity contribution in [1.29, 1.82) is 5.26 Å². The number of carbonyl (C=O) groups excluding carboxylic acids is 2. The highest BCUT2D eigenvalue weighted by Crippen LogP contribution is 2.59. The van der Waals surface area contributed by atoms with E-state index in [9.17, 15) is 36.4 Å². The summed E-state index contributed by atoms with van der Waals surface area (Å²) in [6.07, 6.45) is -3.01. The highest BCUT2D eigenvalue weighted by molar-refractivity contribution is 7.92. The van der Waals surface area contributed by atoms with Crippen molar-refractivity contribution in [3.63, 3.8) is 0 Å². The lowest BCUT2D eigenvalue weighted by atomic mass is 9.91. The Morgan fingerprint density at radius 1 is 1.16 bits per heavy atom. The molecule has 2 aromatic carbocycles. The summed E-state index contributed by atoms with van der Waals surface area (Å²) in [6.45, 7) is -1.63. The first-order valence-electron chi connectivity index (χ1n) is 14.0. The molecule has 0 radical (unpaired) electrons. The first kappa shape index (κ1) is 30.6. The molecule has 15 heteroatoms. The van der Waals surface area contributed by atoms with Crippen LogP contribution in [0.1, 0.15) is 48.0 Å². The Morgan fingerprint density at radius 3 is 2.39 bits per heavy atom. The lowest BCUT2D eigenvalue weighted by molar-refractivity contribution is -0.153. The van der Waals surface area contributed by atoms with Gasteiger partial charge in [0.2, 0.25) is 11.8 Å². The number of epoxide rings is 1. The first-order valence-corrected chi connectivity index (χ1v) is 15.9. The Balaban J connectivity index is 1.23. The molecule has 2 aliphatic carbocycles. The van der Waals surface area contributed by atoms with Gasteiger partial charge in [-0.15, -0.1) is 0 Å². The van der Waals surface area contributed by atoms with Gasteiger partial charge in [-0.1, -0.05) is 23.7 Å². The summed E-state index contributed by atoms with van der Waals surface area (Å²) < 4.78 is 76.1. The molecule has 4 atom stereocenters. The third kappa shape index (κ3) is 5.74. The number of halogens is 4. The molecular formula is C29H28ClF3N4O6S. The van der Waals surface area contributed by atoms with Gasteiger partial charge in [0.25, 0.3) is 0 Å². The van der Waals surface area contributed by atoms with Crippen molar-refractivity contribution in [2.75, 3.05) is 13.2 Å². The van der Waals surface area contributed by atoms with Gasteiger partial charge in [-0.05, 0) is 61.9 Å². The Morgan fingerprint density at radius 2 is 1.84 bits per heavy atom. The molecule has 2 saturated carbocycles. The van der Waals surface area contributed by atoms with Gasteiger partial charge in [0.1, 0.15) is 23.6 Å². The minimum absolute atomic E-state index is 0.0690. The number of rotatable bonds is 10. The maximum atomic E-state index is 13.8. The molecule has 2 aliphatic heterocycles. The number of alkyl halides is 3. The number of nitriles is 1. The van der Waals surface area contributed by atoms with Gasteiger partial charge >= 0.3 is 6.18 Å². The molecule has 0 spiro atoms. The van der Waals surface area contributed by atoms with Crippen molar-refractivity contribution in [2.45, 2.75) is 77.8 Å². The molecule has 0 aromatic heterocycles. The zero-order valence-corrected chi connectivity index (χ0v) is 24.7. The van der Waals surface area contributed by atoms with Gasteiger partial charge in [0, 0.05) is 23.6 Å². The van der Waals surface area contributed by atoms with Crippen molar-refractivity contribution in [3.05, 3.63) is 58.6 Å². The molecule has 4 aliphatic rings. The van der Waals surface area contributed by atoms with E-state index < -0.39 is 57.5 Å². The summed E-state index contributed by atoms with van der Waals surface area (Å²) in [4.78, 5) is 26.4. The number of hydrogen-bond donors (Lipinski definition) is 2. The van der Waals surface area contributed by atoms with E-state index in [1.165, 1.54) is 0 Å². The van der Waals surface area contributed by atoms with E-state index in [1.807, 2.05) is 12.1 Å². The first-order chi connectivity index (χ1) is 20.7. The molecule has 2 saturated heterocycles. The van der Waals surface area contributed by atoms with Gasteiger partial charge in [-0.3, -0.25) is 14.5 Å². The van der Waals surface area contributed by atoms with E-state index in [-0.39, 0.29) is 40.2 Å². The number of nitrogens with zero attached hydrogens (tertiary/aromatic N) is 2. The summed E-state index contributed by atoms with van der Waals surface area (Å²) in [6, 6.07) is 11.3. The van der Waals surface area contributed by atoms with Crippen LogP contribution in [0, 0.1) is 11.3 Å². The fraction of sp³-hybridized carbons (Fsp3) is 0.483. The lowest BCUT2D eigenvalue weighted by Crippen LogP contribution is -2.49. The van der Waals surface area contributed by atoms with Crippen molar-refractivity contribution >= 4 is 33.3 Å². The average molecular weight is 653 g/mol. The van der Waals surface area contributed by atoms with E-state index in [0.717, 1.165) is 36.6 Å². The fourth-order valence-corrected chi connectivity index (χ4v) is 8.28. The maximum Gasteiger partial charge on any atom is 0.422 e. The smallest absolute Gasteiger partial charge is 0.422 e. The third-order valence-corrected chi connectivity index (χ3v) is 11.5. The summed E-state index contributed by atoms with van der Waals surface area (Å²) in [7, 11) is -4.17. The van der Waals surface area contributed by atoms with Crippen LogP contribution in [0.5, 0.6) is 5.75 Å². The van der Waals surface area contributed by atoms with Gasteiger partial charge in [0.15, 0.2) is 16.4 Å². The predicted octanol–water partition coefficient (Wildman–Crippen LogP) is 3.23. The Bertz CT molecular complexity index is 1650. The number of benzene rings is 2. The number of primary amides is 1. The Kier molecular flexibility index (Phi) is 7.39. The Labute approximate surface area is 256 Å². The summed E-state index contributed by atoms with van der Waals surface area (Å²) in [5, 5.41) is 10.9. The topological polar surface area (TPSA) is 155 Å². The van der Waals surface area contributed by atoms with Crippen molar-refractivity contribution < 1.29 is 40.7 Å². The molecule has 10 nitrogen and oxygen atoms in total. The average Bonchev–Trinajstić information content (AvgIpc) is 3.89. The van der Waals surface area contributed by atoms with Gasteiger partial charge in [-0.2, -0.15) is 18.4 Å². The minimum Gasteiger partial charge on any atom is -0.484 e. The molecule has 3 N–H and O–H groups in total. The predicted molar refractivity (Wildman–Crippen MR) is 149 cm³/mol.